The molecule has 0 amide bonds. The summed E-state index contributed by atoms with van der Waals surface area (Å²) in [5.41, 5.74) is 1.44. The minimum absolute atomic E-state index is 0.155. The second-order valence-electron chi connectivity index (χ2n) is 3.75. The molecule has 0 radical (unpaired) electrons. The molecule has 0 N–H and O–H groups in total. The van der Waals surface area contributed by atoms with Crippen LogP contribution in [0.5, 0.6) is 0 Å². The standard InChI is InChI=1S/C12H9BrClNO2/c13-12(15(16)17)8-10(14)6-7-11(12)9-4-2-1-3-5-9/h1-7H,8H2. The SMILES string of the molecule is O=[N+]([O-])C1(Br)CC(Cl)=CC=C1c1ccccc1. The Hall–Kier alpha value is -1.13. The maximum absolute atomic E-state index is 11.2. The smallest absolute Gasteiger partial charge is 0.263 e. The zero-order chi connectivity index (χ0) is 12.5. The molecule has 0 aliphatic heterocycles. The largest absolute Gasteiger partial charge is 0.305 e. The van der Waals surface area contributed by atoms with Crippen LogP contribution in [-0.2, 0) is 0 Å². The van der Waals surface area contributed by atoms with E-state index in [4.69, 9.17) is 11.6 Å². The summed E-state index contributed by atoms with van der Waals surface area (Å²) in [7, 11) is 0. The first-order valence-electron chi connectivity index (χ1n) is 5.00. The Morgan fingerprint density at radius 3 is 2.53 bits per heavy atom. The lowest BCUT2D eigenvalue weighted by Gasteiger charge is -2.24. The lowest BCUT2D eigenvalue weighted by molar-refractivity contribution is -0.517. The highest BCUT2D eigenvalue weighted by Gasteiger charge is 2.46. The third-order valence-electron chi connectivity index (χ3n) is 2.62. The summed E-state index contributed by atoms with van der Waals surface area (Å²) >= 11 is 9.09. The predicted octanol–water partition coefficient (Wildman–Crippen LogP) is 3.96. The number of hydrogen-bond acceptors (Lipinski definition) is 2. The van der Waals surface area contributed by atoms with Crippen LogP contribution < -0.4 is 0 Å². The van der Waals surface area contributed by atoms with Gasteiger partial charge in [-0.25, -0.2) is 0 Å². The minimum Gasteiger partial charge on any atom is -0.263 e. The fourth-order valence-electron chi connectivity index (χ4n) is 1.78. The van der Waals surface area contributed by atoms with Crippen LogP contribution in [-0.4, -0.2) is 9.37 Å². The van der Waals surface area contributed by atoms with Gasteiger partial charge in [-0.15, -0.1) is 0 Å². The zero-order valence-corrected chi connectivity index (χ0v) is 11.1. The number of benzene rings is 1. The molecule has 0 saturated heterocycles. The average molecular weight is 315 g/mol. The number of nitrogens with zero attached hydrogens (tertiary/aromatic N) is 1. The lowest BCUT2D eigenvalue weighted by atomic mass is 9.92. The van der Waals surface area contributed by atoms with Crippen molar-refractivity contribution < 1.29 is 4.92 Å². The van der Waals surface area contributed by atoms with Crippen molar-refractivity contribution in [3.05, 3.63) is 63.2 Å². The van der Waals surface area contributed by atoms with E-state index in [2.05, 4.69) is 15.9 Å². The Morgan fingerprint density at radius 2 is 1.94 bits per heavy atom. The van der Waals surface area contributed by atoms with Crippen LogP contribution in [0.15, 0.2) is 47.5 Å². The Bertz CT molecular complexity index is 512. The van der Waals surface area contributed by atoms with Crippen molar-refractivity contribution in [3.8, 4) is 0 Å². The molecule has 0 aromatic heterocycles. The van der Waals surface area contributed by atoms with E-state index in [9.17, 15) is 10.1 Å². The molecule has 3 nitrogen and oxygen atoms in total. The molecule has 1 aliphatic carbocycles. The molecule has 1 unspecified atom stereocenters. The first-order valence-corrected chi connectivity index (χ1v) is 6.17. The Balaban J connectivity index is 2.53. The van der Waals surface area contributed by atoms with E-state index < -0.39 is 4.45 Å². The van der Waals surface area contributed by atoms with Crippen molar-refractivity contribution in [2.45, 2.75) is 10.9 Å². The molecule has 17 heavy (non-hydrogen) atoms. The van der Waals surface area contributed by atoms with Gasteiger partial charge < -0.3 is 0 Å². The van der Waals surface area contributed by atoms with Gasteiger partial charge in [0.1, 0.15) is 0 Å². The van der Waals surface area contributed by atoms with Crippen LogP contribution in [0.3, 0.4) is 0 Å². The summed E-state index contributed by atoms with van der Waals surface area (Å²) in [5.74, 6) is 0. The highest BCUT2D eigenvalue weighted by molar-refractivity contribution is 9.10. The van der Waals surface area contributed by atoms with Crippen molar-refractivity contribution in [2.75, 3.05) is 0 Å². The van der Waals surface area contributed by atoms with E-state index in [1.807, 2.05) is 30.3 Å². The summed E-state index contributed by atoms with van der Waals surface area (Å²) in [6.07, 6.45) is 3.55. The summed E-state index contributed by atoms with van der Waals surface area (Å²) < 4.78 is -1.33. The third-order valence-corrected chi connectivity index (χ3v) is 3.88. The normalized spacial score (nSPS) is 23.9. The molecule has 1 atom stereocenters. The van der Waals surface area contributed by atoms with E-state index in [1.165, 1.54) is 0 Å². The van der Waals surface area contributed by atoms with Crippen molar-refractivity contribution in [1.29, 1.82) is 0 Å². The van der Waals surface area contributed by atoms with Crippen LogP contribution in [0.4, 0.5) is 0 Å². The monoisotopic (exact) mass is 313 g/mol. The van der Waals surface area contributed by atoms with E-state index in [1.54, 1.807) is 12.2 Å². The molecule has 2 rings (SSSR count). The van der Waals surface area contributed by atoms with Crippen molar-refractivity contribution >= 4 is 33.1 Å². The van der Waals surface area contributed by atoms with Gasteiger partial charge in [0.25, 0.3) is 0 Å². The van der Waals surface area contributed by atoms with Crippen LogP contribution in [0, 0.1) is 10.1 Å². The second kappa shape index (κ2) is 4.63. The molecule has 0 bridgehead atoms. The lowest BCUT2D eigenvalue weighted by Crippen LogP contribution is -2.34. The van der Waals surface area contributed by atoms with Gasteiger partial charge in [0.15, 0.2) is 0 Å². The van der Waals surface area contributed by atoms with Crippen molar-refractivity contribution in [2.24, 2.45) is 0 Å². The van der Waals surface area contributed by atoms with Gasteiger partial charge in [-0.05, 0) is 17.7 Å². The minimum atomic E-state index is -1.33. The quantitative estimate of drug-likeness (QED) is 0.359. The highest BCUT2D eigenvalue weighted by atomic mass is 79.9. The van der Waals surface area contributed by atoms with Gasteiger partial charge in [-0.3, -0.25) is 10.1 Å². The van der Waals surface area contributed by atoms with E-state index >= 15 is 0 Å². The van der Waals surface area contributed by atoms with E-state index in [0.29, 0.717) is 10.6 Å². The maximum atomic E-state index is 11.2. The molecular formula is C12H9BrClNO2. The number of rotatable bonds is 2. The summed E-state index contributed by atoms with van der Waals surface area (Å²) in [4.78, 5) is 10.9. The molecule has 0 spiro atoms. The predicted molar refractivity (Wildman–Crippen MR) is 71.6 cm³/mol. The van der Waals surface area contributed by atoms with Gasteiger partial charge in [-0.2, -0.15) is 0 Å². The number of halogens is 2. The van der Waals surface area contributed by atoms with Crippen molar-refractivity contribution in [1.82, 2.24) is 0 Å². The zero-order valence-electron chi connectivity index (χ0n) is 8.77. The number of nitro groups is 1. The third kappa shape index (κ3) is 2.28. The fraction of sp³-hybridized carbons (Fsp3) is 0.167. The van der Waals surface area contributed by atoms with Gasteiger partial charge in [-0.1, -0.05) is 41.9 Å². The van der Waals surface area contributed by atoms with Gasteiger partial charge in [0.2, 0.25) is 0 Å². The summed E-state index contributed by atoms with van der Waals surface area (Å²) in [6, 6.07) is 9.27. The van der Waals surface area contributed by atoms with Gasteiger partial charge >= 0.3 is 4.45 Å². The number of hydrogen-bond donors (Lipinski definition) is 0. The molecule has 88 valence electrons. The van der Waals surface area contributed by atoms with E-state index in [0.717, 1.165) is 5.56 Å². The number of allylic oxidation sites excluding steroid dienone is 2. The Morgan fingerprint density at radius 1 is 1.29 bits per heavy atom. The van der Waals surface area contributed by atoms with E-state index in [-0.39, 0.29) is 11.3 Å². The van der Waals surface area contributed by atoms with Crippen LogP contribution in [0.1, 0.15) is 12.0 Å². The van der Waals surface area contributed by atoms with Crippen LogP contribution in [0.2, 0.25) is 0 Å². The van der Waals surface area contributed by atoms with Gasteiger partial charge in [0.05, 0.1) is 6.42 Å². The molecule has 1 aliphatic rings. The Labute approximate surface area is 112 Å². The van der Waals surface area contributed by atoms with Gasteiger partial charge in [0, 0.05) is 31.5 Å². The molecule has 1 aromatic carbocycles. The fourth-order valence-corrected chi connectivity index (χ4v) is 2.86. The topological polar surface area (TPSA) is 43.1 Å². The second-order valence-corrected chi connectivity index (χ2v) is 5.55. The Kier molecular flexibility index (Phi) is 3.35. The first kappa shape index (κ1) is 12.3. The first-order chi connectivity index (χ1) is 8.04. The average Bonchev–Trinajstić information content (AvgIpc) is 2.30. The van der Waals surface area contributed by atoms with Crippen molar-refractivity contribution in [3.63, 3.8) is 0 Å². The molecule has 1 aromatic rings. The molecule has 5 heteroatoms. The molecular weight excluding hydrogens is 305 g/mol. The highest BCUT2D eigenvalue weighted by Crippen LogP contribution is 2.43. The van der Waals surface area contributed by atoms with Crippen LogP contribution in [0.25, 0.3) is 5.57 Å². The molecule has 0 heterocycles. The maximum Gasteiger partial charge on any atom is 0.305 e. The summed E-state index contributed by atoms with van der Waals surface area (Å²) in [6.45, 7) is 0. The summed E-state index contributed by atoms with van der Waals surface area (Å²) in [5, 5.41) is 11.7. The molecule has 0 saturated carbocycles. The van der Waals surface area contributed by atoms with Crippen LogP contribution >= 0.6 is 27.5 Å². The molecule has 0 fully saturated rings. The number of alkyl halides is 1.